The van der Waals surface area contributed by atoms with E-state index in [-0.39, 0.29) is 5.56 Å². The van der Waals surface area contributed by atoms with Gasteiger partial charge in [0, 0.05) is 0 Å². The molecule has 0 unspecified atom stereocenters. The first-order valence-corrected chi connectivity index (χ1v) is 3.87. The van der Waals surface area contributed by atoms with Crippen LogP contribution in [0.2, 0.25) is 0 Å². The quantitative estimate of drug-likeness (QED) is 0.703. The van der Waals surface area contributed by atoms with Crippen LogP contribution in [0, 0.1) is 5.82 Å². The van der Waals surface area contributed by atoms with E-state index in [0.717, 1.165) is 6.07 Å². The van der Waals surface area contributed by atoms with Crippen molar-refractivity contribution in [3.05, 3.63) is 35.1 Å². The second-order valence-corrected chi connectivity index (χ2v) is 2.91. The standard InChI is InChI=1S/C9H8F4O/c1-5(14)6-2-3-7(8(10)4-6)9(11,12)13/h2-5,14H,1H3/t5-/m1/s1. The third kappa shape index (κ3) is 2.23. The minimum atomic E-state index is -4.69. The predicted octanol–water partition coefficient (Wildman–Crippen LogP) is 2.90. The fraction of sp³-hybridized carbons (Fsp3) is 0.333. The van der Waals surface area contributed by atoms with Crippen molar-refractivity contribution >= 4 is 0 Å². The van der Waals surface area contributed by atoms with Gasteiger partial charge in [-0.25, -0.2) is 4.39 Å². The lowest BCUT2D eigenvalue weighted by Gasteiger charge is -2.10. The summed E-state index contributed by atoms with van der Waals surface area (Å²) < 4.78 is 49.1. The van der Waals surface area contributed by atoms with E-state index in [0.29, 0.717) is 12.1 Å². The summed E-state index contributed by atoms with van der Waals surface area (Å²) in [6.45, 7) is 1.35. The van der Waals surface area contributed by atoms with E-state index in [1.807, 2.05) is 0 Å². The summed E-state index contributed by atoms with van der Waals surface area (Å²) >= 11 is 0. The molecule has 78 valence electrons. The highest BCUT2D eigenvalue weighted by Crippen LogP contribution is 2.32. The zero-order chi connectivity index (χ0) is 10.9. The van der Waals surface area contributed by atoms with Crippen molar-refractivity contribution in [3.8, 4) is 0 Å². The van der Waals surface area contributed by atoms with Gasteiger partial charge in [0.1, 0.15) is 5.82 Å². The van der Waals surface area contributed by atoms with E-state index < -0.39 is 23.7 Å². The van der Waals surface area contributed by atoms with Crippen LogP contribution in [0.4, 0.5) is 17.6 Å². The molecule has 1 N–H and O–H groups in total. The third-order valence-electron chi connectivity index (χ3n) is 1.78. The summed E-state index contributed by atoms with van der Waals surface area (Å²) in [6.07, 6.45) is -5.67. The molecule has 1 aromatic carbocycles. The summed E-state index contributed by atoms with van der Waals surface area (Å²) in [5.74, 6) is -1.36. The number of benzene rings is 1. The van der Waals surface area contributed by atoms with Crippen molar-refractivity contribution in [1.82, 2.24) is 0 Å². The molecule has 0 heterocycles. The van der Waals surface area contributed by atoms with Crippen molar-refractivity contribution in [1.29, 1.82) is 0 Å². The normalized spacial score (nSPS) is 14.1. The lowest BCUT2D eigenvalue weighted by Crippen LogP contribution is -2.08. The minimum Gasteiger partial charge on any atom is -0.389 e. The highest BCUT2D eigenvalue weighted by molar-refractivity contribution is 5.27. The molecule has 0 radical (unpaired) electrons. The van der Waals surface area contributed by atoms with Crippen molar-refractivity contribution in [2.24, 2.45) is 0 Å². The fourth-order valence-corrected chi connectivity index (χ4v) is 1.02. The Morgan fingerprint density at radius 2 is 1.86 bits per heavy atom. The zero-order valence-electron chi connectivity index (χ0n) is 7.27. The fourth-order valence-electron chi connectivity index (χ4n) is 1.02. The Balaban J connectivity index is 3.15. The number of aliphatic hydroxyl groups is 1. The summed E-state index contributed by atoms with van der Waals surface area (Å²) in [5, 5.41) is 8.99. The van der Waals surface area contributed by atoms with Gasteiger partial charge in [0.15, 0.2) is 0 Å². The molecule has 0 aliphatic heterocycles. The molecule has 0 aliphatic carbocycles. The van der Waals surface area contributed by atoms with Gasteiger partial charge in [0.25, 0.3) is 0 Å². The molecule has 14 heavy (non-hydrogen) atoms. The number of hydrogen-bond donors (Lipinski definition) is 1. The summed E-state index contributed by atoms with van der Waals surface area (Å²) in [6, 6.07) is 2.36. The van der Waals surface area contributed by atoms with Crippen LogP contribution in [0.5, 0.6) is 0 Å². The minimum absolute atomic E-state index is 0.121. The van der Waals surface area contributed by atoms with Crippen LogP contribution in [-0.4, -0.2) is 5.11 Å². The van der Waals surface area contributed by atoms with Crippen LogP contribution in [0.15, 0.2) is 18.2 Å². The van der Waals surface area contributed by atoms with Gasteiger partial charge in [-0.2, -0.15) is 13.2 Å². The molecule has 0 saturated heterocycles. The van der Waals surface area contributed by atoms with Gasteiger partial charge >= 0.3 is 6.18 Å². The molecule has 0 aromatic heterocycles. The van der Waals surface area contributed by atoms with Gasteiger partial charge in [-0.15, -0.1) is 0 Å². The number of aliphatic hydroxyl groups excluding tert-OH is 1. The van der Waals surface area contributed by atoms with Gasteiger partial charge in [-0.05, 0) is 24.6 Å². The number of hydrogen-bond acceptors (Lipinski definition) is 1. The number of halogens is 4. The number of alkyl halides is 3. The van der Waals surface area contributed by atoms with Gasteiger partial charge in [-0.3, -0.25) is 0 Å². The molecule has 1 aromatic rings. The van der Waals surface area contributed by atoms with Gasteiger partial charge in [0.05, 0.1) is 11.7 Å². The Kier molecular flexibility index (Phi) is 2.80. The van der Waals surface area contributed by atoms with Crippen molar-refractivity contribution < 1.29 is 22.7 Å². The first-order chi connectivity index (χ1) is 6.32. The highest BCUT2D eigenvalue weighted by atomic mass is 19.4. The Morgan fingerprint density at radius 1 is 1.29 bits per heavy atom. The maximum atomic E-state index is 12.9. The molecule has 0 amide bonds. The van der Waals surface area contributed by atoms with E-state index >= 15 is 0 Å². The van der Waals surface area contributed by atoms with Crippen molar-refractivity contribution in [2.75, 3.05) is 0 Å². The van der Waals surface area contributed by atoms with E-state index in [4.69, 9.17) is 5.11 Å². The van der Waals surface area contributed by atoms with E-state index in [2.05, 4.69) is 0 Å². The van der Waals surface area contributed by atoms with Gasteiger partial charge in [-0.1, -0.05) is 6.07 Å². The van der Waals surface area contributed by atoms with Crippen molar-refractivity contribution in [3.63, 3.8) is 0 Å². The van der Waals surface area contributed by atoms with Crippen LogP contribution < -0.4 is 0 Å². The predicted molar refractivity (Wildman–Crippen MR) is 42.0 cm³/mol. The van der Waals surface area contributed by atoms with Crippen molar-refractivity contribution in [2.45, 2.75) is 19.2 Å². The summed E-state index contributed by atoms with van der Waals surface area (Å²) in [4.78, 5) is 0. The topological polar surface area (TPSA) is 20.2 Å². The Hall–Kier alpha value is -1.10. The summed E-state index contributed by atoms with van der Waals surface area (Å²) in [5.41, 5.74) is -1.20. The summed E-state index contributed by atoms with van der Waals surface area (Å²) in [7, 11) is 0. The van der Waals surface area contributed by atoms with Crippen LogP contribution in [0.25, 0.3) is 0 Å². The van der Waals surface area contributed by atoms with E-state index in [1.165, 1.54) is 6.92 Å². The average molecular weight is 208 g/mol. The monoisotopic (exact) mass is 208 g/mol. The molecule has 1 rings (SSSR count). The van der Waals surface area contributed by atoms with E-state index in [9.17, 15) is 17.6 Å². The molecule has 0 fully saturated rings. The van der Waals surface area contributed by atoms with Gasteiger partial charge in [0.2, 0.25) is 0 Å². The molecule has 1 atom stereocenters. The molecule has 0 bridgehead atoms. The molecule has 0 aliphatic rings. The Labute approximate surface area is 78.0 Å². The first-order valence-electron chi connectivity index (χ1n) is 3.87. The zero-order valence-corrected chi connectivity index (χ0v) is 7.27. The Bertz CT molecular complexity index is 330. The molecule has 5 heteroatoms. The second kappa shape index (κ2) is 3.57. The lowest BCUT2D eigenvalue weighted by atomic mass is 10.1. The molecule has 0 spiro atoms. The average Bonchev–Trinajstić information content (AvgIpc) is 2.01. The Morgan fingerprint density at radius 3 is 2.21 bits per heavy atom. The van der Waals surface area contributed by atoms with Gasteiger partial charge < -0.3 is 5.11 Å². The number of rotatable bonds is 1. The maximum Gasteiger partial charge on any atom is 0.419 e. The molecular weight excluding hydrogens is 200 g/mol. The van der Waals surface area contributed by atoms with Crippen LogP contribution in [0.3, 0.4) is 0 Å². The maximum absolute atomic E-state index is 12.9. The molecule has 0 saturated carbocycles. The van der Waals surface area contributed by atoms with E-state index in [1.54, 1.807) is 0 Å². The molecule has 1 nitrogen and oxygen atoms in total. The SMILES string of the molecule is C[C@@H](O)c1ccc(C(F)(F)F)c(F)c1. The third-order valence-corrected chi connectivity index (χ3v) is 1.78. The highest BCUT2D eigenvalue weighted by Gasteiger charge is 2.33. The van der Waals surface area contributed by atoms with Crippen LogP contribution in [0.1, 0.15) is 24.2 Å². The first kappa shape index (κ1) is 11.0. The largest absolute Gasteiger partial charge is 0.419 e. The smallest absolute Gasteiger partial charge is 0.389 e. The van der Waals surface area contributed by atoms with Crippen LogP contribution >= 0.6 is 0 Å². The second-order valence-electron chi connectivity index (χ2n) is 2.91. The molecular formula is C9H8F4O. The van der Waals surface area contributed by atoms with Crippen LogP contribution in [-0.2, 0) is 6.18 Å². The lowest BCUT2D eigenvalue weighted by molar-refractivity contribution is -0.140.